The second-order valence-corrected chi connectivity index (χ2v) is 9.28. The number of benzene rings is 2. The molecule has 0 unspecified atom stereocenters. The lowest BCUT2D eigenvalue weighted by molar-refractivity contribution is -0.126. The van der Waals surface area contributed by atoms with Gasteiger partial charge in [0.05, 0.1) is 19.1 Å². The van der Waals surface area contributed by atoms with Gasteiger partial charge in [-0.1, -0.05) is 6.07 Å². The van der Waals surface area contributed by atoms with Crippen LogP contribution in [0.2, 0.25) is 0 Å². The average Bonchev–Trinajstić information content (AvgIpc) is 3.27. The van der Waals surface area contributed by atoms with E-state index in [1.54, 1.807) is 29.2 Å². The van der Waals surface area contributed by atoms with Gasteiger partial charge in [0.15, 0.2) is 6.61 Å². The number of nitrogens with zero attached hydrogens (tertiary/aromatic N) is 2. The Morgan fingerprint density at radius 2 is 1.81 bits per heavy atom. The third-order valence-electron chi connectivity index (χ3n) is 6.64. The summed E-state index contributed by atoms with van der Waals surface area (Å²) in [4.78, 5) is 41.3. The van der Waals surface area contributed by atoms with Gasteiger partial charge < -0.3 is 25.0 Å². The van der Waals surface area contributed by atoms with Crippen LogP contribution in [0.1, 0.15) is 17.5 Å². The van der Waals surface area contributed by atoms with E-state index < -0.39 is 0 Å². The molecule has 0 bridgehead atoms. The van der Waals surface area contributed by atoms with E-state index in [9.17, 15) is 14.4 Å². The number of aryl methyl sites for hydroxylation is 2. The van der Waals surface area contributed by atoms with Gasteiger partial charge in [0.2, 0.25) is 11.8 Å². The summed E-state index contributed by atoms with van der Waals surface area (Å²) in [5.41, 5.74) is 3.70. The molecule has 36 heavy (non-hydrogen) atoms. The first-order valence-electron chi connectivity index (χ1n) is 12.4. The van der Waals surface area contributed by atoms with Gasteiger partial charge in [0.25, 0.3) is 5.91 Å². The summed E-state index contributed by atoms with van der Waals surface area (Å²) in [6.07, 6.45) is 0.195. The predicted octanol–water partition coefficient (Wildman–Crippen LogP) is 2.12. The number of morpholine rings is 1. The van der Waals surface area contributed by atoms with E-state index in [4.69, 9.17) is 9.47 Å². The maximum atomic E-state index is 12.6. The Kier molecular flexibility index (Phi) is 8.56. The number of amides is 3. The number of carbonyl (C=O) groups is 3. The molecule has 2 saturated heterocycles. The number of ether oxygens (including phenoxy) is 2. The zero-order chi connectivity index (χ0) is 25.5. The molecular formula is C27H34N4O5. The molecule has 0 spiro atoms. The minimum Gasteiger partial charge on any atom is -0.484 e. The first-order valence-corrected chi connectivity index (χ1v) is 12.4. The molecule has 2 fully saturated rings. The monoisotopic (exact) mass is 494 g/mol. The van der Waals surface area contributed by atoms with Crippen LogP contribution in [0.4, 0.5) is 11.4 Å². The second-order valence-electron chi connectivity index (χ2n) is 9.28. The van der Waals surface area contributed by atoms with Crippen LogP contribution in [0.25, 0.3) is 0 Å². The molecule has 2 aromatic carbocycles. The number of anilines is 2. The van der Waals surface area contributed by atoms with Crippen LogP contribution in [0.5, 0.6) is 5.75 Å². The molecule has 3 amide bonds. The standard InChI is InChI=1S/C27H34N4O5/c1-19-3-4-22(15-20(19)2)29-25(32)18-36-24-7-5-23(6-8-24)31-17-21(16-26(31)33)27(34)28-9-10-30-11-13-35-14-12-30/h3-8,15,21H,9-14,16-18H2,1-2H3,(H,28,34)(H,29,32)/t21-/m1/s1. The highest BCUT2D eigenvalue weighted by Gasteiger charge is 2.35. The predicted molar refractivity (Wildman–Crippen MR) is 137 cm³/mol. The smallest absolute Gasteiger partial charge is 0.262 e. The van der Waals surface area contributed by atoms with Crippen LogP contribution in [0, 0.1) is 19.8 Å². The molecule has 0 saturated carbocycles. The summed E-state index contributed by atoms with van der Waals surface area (Å²) >= 11 is 0. The van der Waals surface area contributed by atoms with Gasteiger partial charge in [-0.2, -0.15) is 0 Å². The Labute approximate surface area is 211 Å². The van der Waals surface area contributed by atoms with Crippen LogP contribution in [-0.4, -0.2) is 75.2 Å². The van der Waals surface area contributed by atoms with E-state index in [2.05, 4.69) is 15.5 Å². The fourth-order valence-corrected chi connectivity index (χ4v) is 4.33. The summed E-state index contributed by atoms with van der Waals surface area (Å²) in [5.74, 6) is -0.261. The van der Waals surface area contributed by atoms with E-state index in [0.29, 0.717) is 24.5 Å². The van der Waals surface area contributed by atoms with Gasteiger partial charge in [0.1, 0.15) is 5.75 Å². The van der Waals surface area contributed by atoms with Gasteiger partial charge in [-0.3, -0.25) is 19.3 Å². The van der Waals surface area contributed by atoms with Crippen molar-refractivity contribution in [2.24, 2.45) is 5.92 Å². The van der Waals surface area contributed by atoms with Crippen LogP contribution < -0.4 is 20.3 Å². The maximum Gasteiger partial charge on any atom is 0.262 e. The number of hydrogen-bond donors (Lipinski definition) is 2. The lowest BCUT2D eigenvalue weighted by Crippen LogP contribution is -2.42. The highest BCUT2D eigenvalue weighted by Crippen LogP contribution is 2.27. The van der Waals surface area contributed by atoms with Crippen LogP contribution in [0.15, 0.2) is 42.5 Å². The first-order chi connectivity index (χ1) is 17.4. The Bertz CT molecular complexity index is 1080. The van der Waals surface area contributed by atoms with Crippen molar-refractivity contribution in [1.82, 2.24) is 10.2 Å². The SMILES string of the molecule is Cc1ccc(NC(=O)COc2ccc(N3C[C@H](C(=O)NCCN4CCOCC4)CC3=O)cc2)cc1C. The Morgan fingerprint density at radius 3 is 2.53 bits per heavy atom. The minimum absolute atomic E-state index is 0.0789. The molecular weight excluding hydrogens is 460 g/mol. The van der Waals surface area contributed by atoms with Gasteiger partial charge in [-0.25, -0.2) is 0 Å². The molecule has 9 heteroatoms. The number of rotatable bonds is 9. The van der Waals surface area contributed by atoms with Crippen molar-refractivity contribution in [2.75, 3.05) is 62.8 Å². The first kappa shape index (κ1) is 25.7. The van der Waals surface area contributed by atoms with Crippen LogP contribution in [-0.2, 0) is 19.1 Å². The zero-order valence-corrected chi connectivity index (χ0v) is 20.9. The molecule has 0 radical (unpaired) electrons. The molecule has 2 heterocycles. The third-order valence-corrected chi connectivity index (χ3v) is 6.64. The Balaban J connectivity index is 1.22. The summed E-state index contributed by atoms with van der Waals surface area (Å²) in [6.45, 7) is 8.79. The number of nitrogens with one attached hydrogen (secondary N) is 2. The van der Waals surface area contributed by atoms with Gasteiger partial charge in [0, 0.05) is 50.5 Å². The molecule has 0 aliphatic carbocycles. The molecule has 0 aromatic heterocycles. The molecule has 2 N–H and O–H groups in total. The normalized spacial score (nSPS) is 18.2. The molecule has 2 aliphatic rings. The van der Waals surface area contributed by atoms with Crippen molar-refractivity contribution in [2.45, 2.75) is 20.3 Å². The van der Waals surface area contributed by atoms with Crippen molar-refractivity contribution in [1.29, 1.82) is 0 Å². The maximum absolute atomic E-state index is 12.6. The number of carbonyl (C=O) groups excluding carboxylic acids is 3. The Morgan fingerprint density at radius 1 is 1.06 bits per heavy atom. The highest BCUT2D eigenvalue weighted by atomic mass is 16.5. The fourth-order valence-electron chi connectivity index (χ4n) is 4.33. The highest BCUT2D eigenvalue weighted by molar-refractivity contribution is 6.00. The van der Waals surface area contributed by atoms with Gasteiger partial charge >= 0.3 is 0 Å². The fraction of sp³-hybridized carbons (Fsp3) is 0.444. The molecule has 4 rings (SSSR count). The largest absolute Gasteiger partial charge is 0.484 e. The summed E-state index contributed by atoms with van der Waals surface area (Å²) < 4.78 is 10.9. The molecule has 2 aliphatic heterocycles. The van der Waals surface area contributed by atoms with Gasteiger partial charge in [-0.05, 0) is 61.4 Å². The minimum atomic E-state index is -0.368. The van der Waals surface area contributed by atoms with E-state index in [1.807, 2.05) is 32.0 Å². The van der Waals surface area contributed by atoms with Crippen LogP contribution >= 0.6 is 0 Å². The van der Waals surface area contributed by atoms with Crippen molar-refractivity contribution in [3.8, 4) is 5.75 Å². The zero-order valence-electron chi connectivity index (χ0n) is 20.9. The van der Waals surface area contributed by atoms with E-state index in [-0.39, 0.29) is 36.7 Å². The van der Waals surface area contributed by atoms with E-state index >= 15 is 0 Å². The number of hydrogen-bond acceptors (Lipinski definition) is 6. The average molecular weight is 495 g/mol. The third kappa shape index (κ3) is 6.83. The lowest BCUT2D eigenvalue weighted by Gasteiger charge is -2.26. The summed E-state index contributed by atoms with van der Waals surface area (Å²) in [5, 5.41) is 5.79. The van der Waals surface area contributed by atoms with E-state index in [1.165, 1.54) is 0 Å². The lowest BCUT2D eigenvalue weighted by atomic mass is 10.1. The Hall–Kier alpha value is -3.43. The van der Waals surface area contributed by atoms with Crippen molar-refractivity contribution < 1.29 is 23.9 Å². The van der Waals surface area contributed by atoms with Crippen LogP contribution in [0.3, 0.4) is 0 Å². The molecule has 1 atom stereocenters. The van der Waals surface area contributed by atoms with Crippen molar-refractivity contribution in [3.05, 3.63) is 53.6 Å². The molecule has 9 nitrogen and oxygen atoms in total. The van der Waals surface area contributed by atoms with Crippen molar-refractivity contribution >= 4 is 29.1 Å². The summed E-state index contributed by atoms with van der Waals surface area (Å²) in [6, 6.07) is 12.7. The molecule has 192 valence electrons. The van der Waals surface area contributed by atoms with Gasteiger partial charge in [-0.15, -0.1) is 0 Å². The topological polar surface area (TPSA) is 100 Å². The quantitative estimate of drug-likeness (QED) is 0.554. The second kappa shape index (κ2) is 12.0. The summed E-state index contributed by atoms with van der Waals surface area (Å²) in [7, 11) is 0. The molecule has 2 aromatic rings. The van der Waals surface area contributed by atoms with Crippen molar-refractivity contribution in [3.63, 3.8) is 0 Å². The van der Waals surface area contributed by atoms with E-state index in [0.717, 1.165) is 49.7 Å².